The van der Waals surface area contributed by atoms with E-state index in [9.17, 15) is 9.59 Å². The highest BCUT2D eigenvalue weighted by molar-refractivity contribution is 7.17. The average molecular weight is 235 g/mol. The zero-order valence-corrected chi connectivity index (χ0v) is 9.19. The van der Waals surface area contributed by atoms with Crippen LogP contribution in [0.3, 0.4) is 0 Å². The summed E-state index contributed by atoms with van der Waals surface area (Å²) in [5.74, 6) is -0.986. The van der Waals surface area contributed by atoms with E-state index in [0.717, 1.165) is 35.1 Å². The van der Waals surface area contributed by atoms with E-state index in [1.54, 1.807) is 5.38 Å². The van der Waals surface area contributed by atoms with Gasteiger partial charge in [0.1, 0.15) is 0 Å². The van der Waals surface area contributed by atoms with Crippen molar-refractivity contribution < 1.29 is 9.90 Å². The molecule has 2 N–H and O–H groups in total. The number of aromatic carboxylic acids is 1. The number of rotatable bonds is 1. The number of pyridine rings is 1. The molecule has 0 radical (unpaired) electrons. The van der Waals surface area contributed by atoms with E-state index in [1.165, 1.54) is 11.3 Å². The third-order valence-electron chi connectivity index (χ3n) is 3.03. The van der Waals surface area contributed by atoms with Crippen molar-refractivity contribution in [3.05, 3.63) is 32.4 Å². The zero-order chi connectivity index (χ0) is 11.3. The normalized spacial score (nSPS) is 14.2. The smallest absolute Gasteiger partial charge is 0.338 e. The number of nitrogens with one attached hydrogen (secondary N) is 1. The van der Waals surface area contributed by atoms with Crippen LogP contribution < -0.4 is 5.56 Å². The zero-order valence-electron chi connectivity index (χ0n) is 8.37. The van der Waals surface area contributed by atoms with Crippen LogP contribution in [0.2, 0.25) is 0 Å². The molecular formula is C11H9NO3S. The van der Waals surface area contributed by atoms with Crippen LogP contribution in [0.25, 0.3) is 10.2 Å². The van der Waals surface area contributed by atoms with Gasteiger partial charge >= 0.3 is 5.97 Å². The van der Waals surface area contributed by atoms with Gasteiger partial charge in [0.25, 0.3) is 5.56 Å². The molecule has 0 fully saturated rings. The third kappa shape index (κ3) is 1.15. The number of aryl methyl sites for hydroxylation is 1. The van der Waals surface area contributed by atoms with E-state index in [4.69, 9.17) is 5.11 Å². The predicted octanol–water partition coefficient (Wildman–Crippen LogP) is 1.78. The molecule has 1 aliphatic carbocycles. The molecule has 2 heterocycles. The van der Waals surface area contributed by atoms with Gasteiger partial charge in [-0.05, 0) is 24.8 Å². The number of thiophene rings is 1. The summed E-state index contributed by atoms with van der Waals surface area (Å²) in [7, 11) is 0. The van der Waals surface area contributed by atoms with Crippen molar-refractivity contribution in [3.8, 4) is 0 Å². The second kappa shape index (κ2) is 3.18. The van der Waals surface area contributed by atoms with Crippen molar-refractivity contribution in [1.29, 1.82) is 0 Å². The molecule has 4 nitrogen and oxygen atoms in total. The first-order valence-electron chi connectivity index (χ1n) is 5.07. The summed E-state index contributed by atoms with van der Waals surface area (Å²) >= 11 is 1.41. The predicted molar refractivity (Wildman–Crippen MR) is 61.4 cm³/mol. The molecule has 0 bridgehead atoms. The topological polar surface area (TPSA) is 70.2 Å². The molecule has 0 saturated carbocycles. The molecule has 0 aliphatic heterocycles. The average Bonchev–Trinajstić information content (AvgIpc) is 2.80. The van der Waals surface area contributed by atoms with Crippen molar-refractivity contribution in [1.82, 2.24) is 4.98 Å². The Labute approximate surface area is 94.5 Å². The minimum absolute atomic E-state index is 0.124. The van der Waals surface area contributed by atoms with Gasteiger partial charge in [0, 0.05) is 10.9 Å². The van der Waals surface area contributed by atoms with Crippen LogP contribution in [0.4, 0.5) is 0 Å². The molecule has 2 aromatic rings. The van der Waals surface area contributed by atoms with E-state index in [1.807, 2.05) is 0 Å². The summed E-state index contributed by atoms with van der Waals surface area (Å²) in [6.45, 7) is 0. The first-order chi connectivity index (χ1) is 7.68. The molecule has 16 heavy (non-hydrogen) atoms. The van der Waals surface area contributed by atoms with E-state index in [-0.39, 0.29) is 11.1 Å². The van der Waals surface area contributed by atoms with Gasteiger partial charge < -0.3 is 10.1 Å². The molecule has 0 atom stereocenters. The molecule has 0 saturated heterocycles. The molecule has 2 aromatic heterocycles. The number of aromatic amines is 1. The molecule has 1 aliphatic rings. The number of H-pyrrole nitrogens is 1. The number of hydrogen-bond acceptors (Lipinski definition) is 3. The van der Waals surface area contributed by atoms with Crippen molar-refractivity contribution in [2.45, 2.75) is 19.3 Å². The van der Waals surface area contributed by atoms with Crippen LogP contribution in [-0.2, 0) is 12.8 Å². The molecule has 82 valence electrons. The Hall–Kier alpha value is -1.62. The van der Waals surface area contributed by atoms with Crippen LogP contribution in [0.15, 0.2) is 10.2 Å². The fourth-order valence-electron chi connectivity index (χ4n) is 2.30. The van der Waals surface area contributed by atoms with Gasteiger partial charge in [-0.25, -0.2) is 4.79 Å². The van der Waals surface area contributed by atoms with Gasteiger partial charge in [0.05, 0.1) is 15.8 Å². The Morgan fingerprint density at radius 1 is 1.38 bits per heavy atom. The van der Waals surface area contributed by atoms with Crippen LogP contribution in [0.1, 0.15) is 27.9 Å². The Kier molecular flexibility index (Phi) is 1.91. The van der Waals surface area contributed by atoms with Gasteiger partial charge in [-0.3, -0.25) is 4.79 Å². The third-order valence-corrected chi connectivity index (χ3v) is 4.07. The maximum absolute atomic E-state index is 11.8. The molecule has 0 spiro atoms. The largest absolute Gasteiger partial charge is 0.478 e. The maximum Gasteiger partial charge on any atom is 0.338 e. The standard InChI is InChI=1S/C11H9NO3S/c13-10-6-3-1-2-5(6)9-8(12-10)7(4-16-9)11(14)15/h4H,1-3H2,(H,12,13)(H,14,15). The highest BCUT2D eigenvalue weighted by atomic mass is 32.1. The number of carbonyl (C=O) groups is 1. The second-order valence-corrected chi connectivity index (χ2v) is 4.80. The fourth-order valence-corrected chi connectivity index (χ4v) is 3.40. The summed E-state index contributed by atoms with van der Waals surface area (Å²) in [4.78, 5) is 25.4. The Balaban J connectivity index is 2.45. The number of fused-ring (bicyclic) bond motifs is 3. The SMILES string of the molecule is O=C(O)c1csc2c3c(c(=O)[nH]c12)CCC3. The lowest BCUT2D eigenvalue weighted by molar-refractivity contribution is 0.0699. The number of carboxylic acids is 1. The Morgan fingerprint density at radius 2 is 2.12 bits per heavy atom. The first-order valence-corrected chi connectivity index (χ1v) is 5.95. The summed E-state index contributed by atoms with van der Waals surface area (Å²) in [6, 6.07) is 0. The summed E-state index contributed by atoms with van der Waals surface area (Å²) in [6.07, 6.45) is 2.67. The Bertz CT molecular complexity index is 653. The lowest BCUT2D eigenvalue weighted by Crippen LogP contribution is -2.12. The van der Waals surface area contributed by atoms with E-state index >= 15 is 0 Å². The lowest BCUT2D eigenvalue weighted by Gasteiger charge is -2.00. The molecule has 5 heteroatoms. The Morgan fingerprint density at radius 3 is 2.88 bits per heavy atom. The highest BCUT2D eigenvalue weighted by Gasteiger charge is 2.21. The van der Waals surface area contributed by atoms with Gasteiger partial charge in [0.2, 0.25) is 0 Å². The van der Waals surface area contributed by atoms with Crippen LogP contribution in [0.5, 0.6) is 0 Å². The van der Waals surface area contributed by atoms with E-state index in [0.29, 0.717) is 5.52 Å². The van der Waals surface area contributed by atoms with Gasteiger partial charge in [0.15, 0.2) is 0 Å². The maximum atomic E-state index is 11.8. The quantitative estimate of drug-likeness (QED) is 0.791. The van der Waals surface area contributed by atoms with Crippen molar-refractivity contribution in [2.24, 2.45) is 0 Å². The summed E-state index contributed by atoms with van der Waals surface area (Å²) < 4.78 is 0.935. The molecule has 3 rings (SSSR count). The van der Waals surface area contributed by atoms with Crippen molar-refractivity contribution >= 4 is 27.5 Å². The van der Waals surface area contributed by atoms with Gasteiger partial charge in [-0.1, -0.05) is 0 Å². The second-order valence-electron chi connectivity index (χ2n) is 3.92. The molecule has 0 amide bonds. The summed E-state index contributed by atoms with van der Waals surface area (Å²) in [5.41, 5.74) is 2.46. The van der Waals surface area contributed by atoms with Crippen molar-refractivity contribution in [2.75, 3.05) is 0 Å². The first kappa shape index (κ1) is 9.59. The number of hydrogen-bond donors (Lipinski definition) is 2. The van der Waals surface area contributed by atoms with Crippen LogP contribution in [-0.4, -0.2) is 16.1 Å². The summed E-state index contributed by atoms with van der Waals surface area (Å²) in [5, 5.41) is 10.6. The van der Waals surface area contributed by atoms with E-state index < -0.39 is 5.97 Å². The van der Waals surface area contributed by atoms with Gasteiger partial charge in [-0.15, -0.1) is 11.3 Å². The van der Waals surface area contributed by atoms with Crippen molar-refractivity contribution in [3.63, 3.8) is 0 Å². The number of carboxylic acid groups (broad SMARTS) is 1. The van der Waals surface area contributed by atoms with E-state index in [2.05, 4.69) is 4.98 Å². The highest BCUT2D eigenvalue weighted by Crippen LogP contribution is 2.32. The number of aromatic nitrogens is 1. The minimum Gasteiger partial charge on any atom is -0.478 e. The van der Waals surface area contributed by atoms with Crippen LogP contribution in [0, 0.1) is 0 Å². The fraction of sp³-hybridized carbons (Fsp3) is 0.273. The molecule has 0 unspecified atom stereocenters. The molecular weight excluding hydrogens is 226 g/mol. The van der Waals surface area contributed by atoms with Crippen LogP contribution >= 0.6 is 11.3 Å². The lowest BCUT2D eigenvalue weighted by atomic mass is 10.1. The monoisotopic (exact) mass is 235 g/mol. The molecule has 0 aromatic carbocycles. The van der Waals surface area contributed by atoms with Gasteiger partial charge in [-0.2, -0.15) is 0 Å². The minimum atomic E-state index is -0.986.